The van der Waals surface area contributed by atoms with Gasteiger partial charge in [0.15, 0.2) is 17.5 Å². The topological polar surface area (TPSA) is 75.1 Å². The van der Waals surface area contributed by atoms with E-state index in [1.165, 1.54) is 0 Å². The predicted octanol–water partition coefficient (Wildman–Crippen LogP) is 2.77. The highest BCUT2D eigenvalue weighted by molar-refractivity contribution is 5.93. The lowest BCUT2D eigenvalue weighted by Gasteiger charge is -2.14. The largest absolute Gasteiger partial charge is 0.493 e. The number of rotatable bonds is 7. The molecule has 2 rings (SSSR count). The highest BCUT2D eigenvalue weighted by Gasteiger charge is 2.07. The van der Waals surface area contributed by atoms with E-state index in [9.17, 15) is 5.11 Å². The molecule has 0 aromatic heterocycles. The van der Waals surface area contributed by atoms with Crippen LogP contribution in [0.2, 0.25) is 0 Å². The molecule has 0 atom stereocenters. The number of aliphatic hydroxyl groups is 1. The third kappa shape index (κ3) is 5.12. The molecule has 2 aromatic carbocycles. The monoisotopic (exact) mass is 343 g/mol. The minimum atomic E-state index is 0.00530. The van der Waals surface area contributed by atoms with Gasteiger partial charge in [-0.2, -0.15) is 0 Å². The van der Waals surface area contributed by atoms with Crippen LogP contribution < -0.4 is 20.1 Å². The predicted molar refractivity (Wildman–Crippen MR) is 100 cm³/mol. The molecule has 0 saturated heterocycles. The Bertz CT molecular complexity index is 717. The average molecular weight is 343 g/mol. The SMILES string of the molecule is CCNC(=NCc1ccccc1CO)Nc1ccc(OC)c(OC)c1. The molecule has 25 heavy (non-hydrogen) atoms. The standard InChI is InChI=1S/C19H25N3O3/c1-4-20-19(21-12-14-7-5-6-8-15(14)13-23)22-16-9-10-17(24-2)18(11-16)25-3/h5-11,23H,4,12-13H2,1-3H3,(H2,20,21,22). The van der Waals surface area contributed by atoms with E-state index in [1.807, 2.05) is 49.4 Å². The summed E-state index contributed by atoms with van der Waals surface area (Å²) >= 11 is 0. The normalized spacial score (nSPS) is 11.1. The third-order valence-electron chi connectivity index (χ3n) is 3.69. The average Bonchev–Trinajstić information content (AvgIpc) is 2.66. The second kappa shape index (κ2) is 9.54. The highest BCUT2D eigenvalue weighted by Crippen LogP contribution is 2.29. The summed E-state index contributed by atoms with van der Waals surface area (Å²) in [5.74, 6) is 1.98. The minimum absolute atomic E-state index is 0.00530. The van der Waals surface area contributed by atoms with Crippen LogP contribution in [0.3, 0.4) is 0 Å². The van der Waals surface area contributed by atoms with Crippen molar-refractivity contribution in [2.24, 2.45) is 4.99 Å². The molecule has 6 nitrogen and oxygen atoms in total. The molecule has 134 valence electrons. The zero-order chi connectivity index (χ0) is 18.1. The molecule has 0 unspecified atom stereocenters. The van der Waals surface area contributed by atoms with Crippen LogP contribution in [0.1, 0.15) is 18.1 Å². The molecular formula is C19H25N3O3. The summed E-state index contributed by atoms with van der Waals surface area (Å²) < 4.78 is 10.6. The van der Waals surface area contributed by atoms with Crippen molar-refractivity contribution in [3.05, 3.63) is 53.6 Å². The number of aliphatic hydroxyl groups excluding tert-OH is 1. The number of aliphatic imine (C=N–C) groups is 1. The maximum absolute atomic E-state index is 9.42. The molecular weight excluding hydrogens is 318 g/mol. The van der Waals surface area contributed by atoms with Crippen LogP contribution in [-0.4, -0.2) is 31.8 Å². The Morgan fingerprint density at radius 2 is 1.76 bits per heavy atom. The molecule has 0 spiro atoms. The van der Waals surface area contributed by atoms with Gasteiger partial charge in [-0.25, -0.2) is 4.99 Å². The van der Waals surface area contributed by atoms with E-state index in [1.54, 1.807) is 14.2 Å². The van der Waals surface area contributed by atoms with Crippen molar-refractivity contribution >= 4 is 11.6 Å². The first kappa shape index (κ1) is 18.6. The van der Waals surface area contributed by atoms with Crippen molar-refractivity contribution < 1.29 is 14.6 Å². The third-order valence-corrected chi connectivity index (χ3v) is 3.69. The summed E-state index contributed by atoms with van der Waals surface area (Å²) in [7, 11) is 3.21. The van der Waals surface area contributed by atoms with Crippen LogP contribution in [0.5, 0.6) is 11.5 Å². The Hall–Kier alpha value is -2.73. The van der Waals surface area contributed by atoms with Crippen LogP contribution in [-0.2, 0) is 13.2 Å². The van der Waals surface area contributed by atoms with E-state index in [2.05, 4.69) is 15.6 Å². The Kier molecular flexibility index (Phi) is 7.10. The summed E-state index contributed by atoms with van der Waals surface area (Å²) in [5, 5.41) is 15.9. The number of guanidine groups is 1. The highest BCUT2D eigenvalue weighted by atomic mass is 16.5. The summed E-state index contributed by atoms with van der Waals surface area (Å²) in [6.45, 7) is 3.22. The number of benzene rings is 2. The van der Waals surface area contributed by atoms with Crippen molar-refractivity contribution in [3.63, 3.8) is 0 Å². The molecule has 0 radical (unpaired) electrons. The van der Waals surface area contributed by atoms with Crippen LogP contribution in [0.25, 0.3) is 0 Å². The van der Waals surface area contributed by atoms with E-state index in [0.29, 0.717) is 24.0 Å². The number of nitrogens with one attached hydrogen (secondary N) is 2. The molecule has 0 saturated carbocycles. The van der Waals surface area contributed by atoms with E-state index >= 15 is 0 Å². The first-order chi connectivity index (χ1) is 12.2. The molecule has 2 aromatic rings. The second-order valence-corrected chi connectivity index (χ2v) is 5.32. The van der Waals surface area contributed by atoms with E-state index in [-0.39, 0.29) is 6.61 Å². The quantitative estimate of drug-likeness (QED) is 0.532. The van der Waals surface area contributed by atoms with Gasteiger partial charge >= 0.3 is 0 Å². The fourth-order valence-electron chi connectivity index (χ4n) is 2.39. The van der Waals surface area contributed by atoms with Gasteiger partial charge in [0.1, 0.15) is 0 Å². The Labute approximate surface area is 148 Å². The second-order valence-electron chi connectivity index (χ2n) is 5.32. The Morgan fingerprint density at radius 3 is 2.40 bits per heavy atom. The van der Waals surface area contributed by atoms with Crippen LogP contribution >= 0.6 is 0 Å². The van der Waals surface area contributed by atoms with Gasteiger partial charge in [0.25, 0.3) is 0 Å². The van der Waals surface area contributed by atoms with Crippen LogP contribution in [0.4, 0.5) is 5.69 Å². The van der Waals surface area contributed by atoms with E-state index < -0.39 is 0 Å². The van der Waals surface area contributed by atoms with Gasteiger partial charge < -0.3 is 25.2 Å². The Balaban J connectivity index is 2.17. The van der Waals surface area contributed by atoms with Gasteiger partial charge in [-0.15, -0.1) is 0 Å². The van der Waals surface area contributed by atoms with Gasteiger partial charge in [-0.1, -0.05) is 24.3 Å². The molecule has 0 bridgehead atoms. The van der Waals surface area contributed by atoms with Gasteiger partial charge in [-0.05, 0) is 30.2 Å². The molecule has 0 fully saturated rings. The number of nitrogens with zero attached hydrogens (tertiary/aromatic N) is 1. The minimum Gasteiger partial charge on any atom is -0.493 e. The zero-order valence-corrected chi connectivity index (χ0v) is 14.9. The molecule has 0 aliphatic carbocycles. The molecule has 0 amide bonds. The fourth-order valence-corrected chi connectivity index (χ4v) is 2.39. The van der Waals surface area contributed by atoms with E-state index in [4.69, 9.17) is 9.47 Å². The van der Waals surface area contributed by atoms with Gasteiger partial charge in [0.2, 0.25) is 0 Å². The van der Waals surface area contributed by atoms with Crippen molar-refractivity contribution in [2.45, 2.75) is 20.1 Å². The zero-order valence-electron chi connectivity index (χ0n) is 14.9. The summed E-state index contributed by atoms with van der Waals surface area (Å²) in [4.78, 5) is 4.60. The maximum Gasteiger partial charge on any atom is 0.196 e. The Morgan fingerprint density at radius 1 is 1.04 bits per heavy atom. The number of anilines is 1. The number of hydrogen-bond donors (Lipinski definition) is 3. The summed E-state index contributed by atoms with van der Waals surface area (Å²) in [6.07, 6.45) is 0. The molecule has 0 aliphatic heterocycles. The first-order valence-electron chi connectivity index (χ1n) is 8.16. The summed E-state index contributed by atoms with van der Waals surface area (Å²) in [5.41, 5.74) is 2.72. The lowest BCUT2D eigenvalue weighted by atomic mass is 10.1. The van der Waals surface area contributed by atoms with Crippen LogP contribution in [0, 0.1) is 0 Å². The van der Waals surface area contributed by atoms with Crippen molar-refractivity contribution in [1.82, 2.24) is 5.32 Å². The van der Waals surface area contributed by atoms with Crippen LogP contribution in [0.15, 0.2) is 47.5 Å². The first-order valence-corrected chi connectivity index (χ1v) is 8.16. The van der Waals surface area contributed by atoms with Gasteiger partial charge in [0, 0.05) is 18.3 Å². The molecule has 6 heteroatoms. The van der Waals surface area contributed by atoms with E-state index in [0.717, 1.165) is 23.4 Å². The van der Waals surface area contributed by atoms with Crippen molar-refractivity contribution in [2.75, 3.05) is 26.1 Å². The lowest BCUT2D eigenvalue weighted by molar-refractivity contribution is 0.280. The van der Waals surface area contributed by atoms with Crippen molar-refractivity contribution in [3.8, 4) is 11.5 Å². The van der Waals surface area contributed by atoms with Crippen molar-refractivity contribution in [1.29, 1.82) is 0 Å². The lowest BCUT2D eigenvalue weighted by Crippen LogP contribution is -2.30. The number of hydrogen-bond acceptors (Lipinski definition) is 4. The number of ether oxygens (including phenoxy) is 2. The molecule has 0 aliphatic rings. The molecule has 3 N–H and O–H groups in total. The van der Waals surface area contributed by atoms with Gasteiger partial charge in [0.05, 0.1) is 27.4 Å². The van der Waals surface area contributed by atoms with Gasteiger partial charge in [-0.3, -0.25) is 0 Å². The summed E-state index contributed by atoms with van der Waals surface area (Å²) in [6, 6.07) is 13.3. The molecule has 0 heterocycles. The fraction of sp³-hybridized carbons (Fsp3) is 0.316. The maximum atomic E-state index is 9.42. The number of methoxy groups -OCH3 is 2. The smallest absolute Gasteiger partial charge is 0.196 e.